The standard InChI is InChI=1S/C20H29NO3S/c1-15-6-8-16(9-7-15)14-17(18(22)24-3)21-19(25)20(12-13-23-2)10-4-5-11-20/h6-9,17H,4-5,10-14H2,1-3H3,(H,21,25). The minimum Gasteiger partial charge on any atom is -0.467 e. The Bertz CT molecular complexity index is 579. The highest BCUT2D eigenvalue weighted by Gasteiger charge is 2.39. The summed E-state index contributed by atoms with van der Waals surface area (Å²) < 4.78 is 10.3. The van der Waals surface area contributed by atoms with Crippen molar-refractivity contribution >= 4 is 23.2 Å². The number of carbonyl (C=O) groups excluding carboxylic acids is 1. The summed E-state index contributed by atoms with van der Waals surface area (Å²) in [5.41, 5.74) is 2.24. The third kappa shape index (κ3) is 5.25. The average Bonchev–Trinajstić information content (AvgIpc) is 3.10. The largest absolute Gasteiger partial charge is 0.467 e. The van der Waals surface area contributed by atoms with Gasteiger partial charge in [-0.2, -0.15) is 0 Å². The fourth-order valence-electron chi connectivity index (χ4n) is 3.55. The van der Waals surface area contributed by atoms with Gasteiger partial charge < -0.3 is 14.8 Å². The molecule has 1 atom stereocenters. The van der Waals surface area contributed by atoms with Gasteiger partial charge in [-0.15, -0.1) is 0 Å². The van der Waals surface area contributed by atoms with Gasteiger partial charge in [-0.05, 0) is 31.7 Å². The topological polar surface area (TPSA) is 47.6 Å². The Balaban J connectivity index is 2.10. The van der Waals surface area contributed by atoms with Crippen molar-refractivity contribution in [3.63, 3.8) is 0 Å². The molecule has 2 rings (SSSR count). The van der Waals surface area contributed by atoms with Crippen LogP contribution in [0.3, 0.4) is 0 Å². The summed E-state index contributed by atoms with van der Waals surface area (Å²) >= 11 is 5.75. The molecule has 0 saturated heterocycles. The molecule has 0 bridgehead atoms. The number of hydrogen-bond donors (Lipinski definition) is 1. The number of thiocarbonyl (C=S) groups is 1. The van der Waals surface area contributed by atoms with E-state index in [9.17, 15) is 4.79 Å². The quantitative estimate of drug-likeness (QED) is 0.565. The first-order valence-electron chi connectivity index (χ1n) is 8.94. The van der Waals surface area contributed by atoms with E-state index in [0.717, 1.165) is 29.8 Å². The molecule has 1 saturated carbocycles. The van der Waals surface area contributed by atoms with E-state index in [0.29, 0.717) is 13.0 Å². The monoisotopic (exact) mass is 363 g/mol. The Morgan fingerprint density at radius 3 is 2.44 bits per heavy atom. The predicted octanol–water partition coefficient (Wildman–Crippen LogP) is 3.59. The van der Waals surface area contributed by atoms with Crippen LogP contribution in [0.4, 0.5) is 0 Å². The van der Waals surface area contributed by atoms with Gasteiger partial charge in [0.1, 0.15) is 6.04 Å². The van der Waals surface area contributed by atoms with Crippen LogP contribution in [0.2, 0.25) is 0 Å². The molecule has 0 radical (unpaired) electrons. The lowest BCUT2D eigenvalue weighted by Gasteiger charge is -2.32. The SMILES string of the molecule is COCCC1(C(=S)NC(Cc2ccc(C)cc2)C(=O)OC)CCCC1. The third-order valence-electron chi connectivity index (χ3n) is 5.18. The molecule has 1 aliphatic rings. The lowest BCUT2D eigenvalue weighted by molar-refractivity contribution is -0.142. The summed E-state index contributed by atoms with van der Waals surface area (Å²) in [6.45, 7) is 2.73. The Morgan fingerprint density at radius 2 is 1.88 bits per heavy atom. The van der Waals surface area contributed by atoms with Crippen LogP contribution >= 0.6 is 12.2 Å². The molecule has 1 N–H and O–H groups in total. The number of carbonyl (C=O) groups is 1. The Labute approximate surface area is 156 Å². The van der Waals surface area contributed by atoms with Gasteiger partial charge >= 0.3 is 5.97 Å². The Morgan fingerprint density at radius 1 is 1.24 bits per heavy atom. The minimum atomic E-state index is -0.458. The molecule has 0 aliphatic heterocycles. The molecule has 1 aliphatic carbocycles. The third-order valence-corrected chi connectivity index (χ3v) is 5.73. The first-order chi connectivity index (χ1) is 12.0. The highest BCUT2D eigenvalue weighted by atomic mass is 32.1. The second kappa shape index (κ2) is 9.30. The van der Waals surface area contributed by atoms with E-state index in [1.165, 1.54) is 25.5 Å². The lowest BCUT2D eigenvalue weighted by Crippen LogP contribution is -2.48. The smallest absolute Gasteiger partial charge is 0.328 e. The number of rotatable bonds is 8. The molecule has 1 fully saturated rings. The van der Waals surface area contributed by atoms with E-state index in [1.807, 2.05) is 12.1 Å². The highest BCUT2D eigenvalue weighted by Crippen LogP contribution is 2.42. The lowest BCUT2D eigenvalue weighted by atomic mass is 9.82. The molecule has 1 aromatic rings. The minimum absolute atomic E-state index is 0.0507. The van der Waals surface area contributed by atoms with Crippen LogP contribution in [-0.2, 0) is 20.7 Å². The number of methoxy groups -OCH3 is 2. The number of aryl methyl sites for hydroxylation is 1. The second-order valence-electron chi connectivity index (χ2n) is 6.97. The second-order valence-corrected chi connectivity index (χ2v) is 7.38. The summed E-state index contributed by atoms with van der Waals surface area (Å²) in [5.74, 6) is -0.275. The highest BCUT2D eigenvalue weighted by molar-refractivity contribution is 7.80. The molecule has 5 heteroatoms. The molecule has 0 amide bonds. The first-order valence-corrected chi connectivity index (χ1v) is 9.35. The van der Waals surface area contributed by atoms with Gasteiger partial charge in [0.05, 0.1) is 12.1 Å². The van der Waals surface area contributed by atoms with Crippen LogP contribution in [0.1, 0.15) is 43.2 Å². The molecule has 0 heterocycles. The van der Waals surface area contributed by atoms with Gasteiger partial charge in [0.25, 0.3) is 0 Å². The zero-order chi connectivity index (χ0) is 18.3. The maximum Gasteiger partial charge on any atom is 0.328 e. The van der Waals surface area contributed by atoms with Crippen LogP contribution in [0.25, 0.3) is 0 Å². The first kappa shape index (κ1) is 19.9. The van der Waals surface area contributed by atoms with Gasteiger partial charge in [0.2, 0.25) is 0 Å². The van der Waals surface area contributed by atoms with Gasteiger partial charge in [-0.25, -0.2) is 4.79 Å². The average molecular weight is 364 g/mol. The van der Waals surface area contributed by atoms with Crippen LogP contribution in [0.15, 0.2) is 24.3 Å². The molecule has 0 aromatic heterocycles. The zero-order valence-corrected chi connectivity index (χ0v) is 16.3. The van der Waals surface area contributed by atoms with Crippen molar-refractivity contribution < 1.29 is 14.3 Å². The van der Waals surface area contributed by atoms with Crippen molar-refractivity contribution in [2.75, 3.05) is 20.8 Å². The van der Waals surface area contributed by atoms with Crippen molar-refractivity contribution in [3.05, 3.63) is 35.4 Å². The van der Waals surface area contributed by atoms with E-state index in [1.54, 1.807) is 7.11 Å². The summed E-state index contributed by atoms with van der Waals surface area (Å²) in [5, 5.41) is 3.32. The van der Waals surface area contributed by atoms with E-state index in [4.69, 9.17) is 21.7 Å². The normalized spacial score (nSPS) is 17.1. The van der Waals surface area contributed by atoms with Crippen molar-refractivity contribution in [2.45, 2.75) is 51.5 Å². The summed E-state index contributed by atoms with van der Waals surface area (Å²) in [6, 6.07) is 7.75. The Kier molecular flexibility index (Phi) is 7.38. The van der Waals surface area contributed by atoms with Crippen LogP contribution in [0.5, 0.6) is 0 Å². The predicted molar refractivity (Wildman–Crippen MR) is 104 cm³/mol. The van der Waals surface area contributed by atoms with Crippen molar-refractivity contribution in [3.8, 4) is 0 Å². The molecular formula is C20H29NO3S. The van der Waals surface area contributed by atoms with Crippen LogP contribution in [0, 0.1) is 12.3 Å². The Hall–Kier alpha value is -1.46. The summed E-state index contributed by atoms with van der Waals surface area (Å²) in [7, 11) is 3.14. The number of ether oxygens (including phenoxy) is 2. The van der Waals surface area contributed by atoms with Crippen molar-refractivity contribution in [2.24, 2.45) is 5.41 Å². The van der Waals surface area contributed by atoms with Crippen LogP contribution < -0.4 is 5.32 Å². The zero-order valence-electron chi connectivity index (χ0n) is 15.5. The van der Waals surface area contributed by atoms with Gasteiger partial charge in [0.15, 0.2) is 0 Å². The van der Waals surface area contributed by atoms with Crippen molar-refractivity contribution in [1.29, 1.82) is 0 Å². The molecule has 1 aromatic carbocycles. The van der Waals surface area contributed by atoms with E-state index >= 15 is 0 Å². The number of nitrogens with one attached hydrogen (secondary N) is 1. The number of hydrogen-bond acceptors (Lipinski definition) is 4. The fourth-order valence-corrected chi connectivity index (χ4v) is 3.99. The molecule has 25 heavy (non-hydrogen) atoms. The van der Waals surface area contributed by atoms with E-state index < -0.39 is 6.04 Å². The maximum absolute atomic E-state index is 12.3. The molecule has 138 valence electrons. The maximum atomic E-state index is 12.3. The number of esters is 1. The molecule has 1 unspecified atom stereocenters. The molecule has 0 spiro atoms. The van der Waals surface area contributed by atoms with Crippen molar-refractivity contribution in [1.82, 2.24) is 5.32 Å². The summed E-state index contributed by atoms with van der Waals surface area (Å²) in [6.07, 6.45) is 5.92. The van der Waals surface area contributed by atoms with Gasteiger partial charge in [0, 0.05) is 25.6 Å². The molecule has 4 nitrogen and oxygen atoms in total. The van der Waals surface area contributed by atoms with E-state index in [-0.39, 0.29) is 11.4 Å². The van der Waals surface area contributed by atoms with Crippen LogP contribution in [-0.4, -0.2) is 37.8 Å². The van der Waals surface area contributed by atoms with Gasteiger partial charge in [-0.3, -0.25) is 0 Å². The number of benzene rings is 1. The molecular weight excluding hydrogens is 334 g/mol. The van der Waals surface area contributed by atoms with E-state index in [2.05, 4.69) is 24.4 Å². The fraction of sp³-hybridized carbons (Fsp3) is 0.600. The van der Waals surface area contributed by atoms with Gasteiger partial charge in [-0.1, -0.05) is 54.9 Å². The summed E-state index contributed by atoms with van der Waals surface area (Å²) in [4.78, 5) is 13.1.